The number of hydrogen-bond acceptors (Lipinski definition) is 5. The average Bonchev–Trinajstić information content (AvgIpc) is 3.03. The molecule has 1 amide bonds. The molecule has 0 saturated heterocycles. The maximum Gasteiger partial charge on any atom is 0.329 e. The maximum absolute atomic E-state index is 12.7. The van der Waals surface area contributed by atoms with Crippen molar-refractivity contribution in [3.63, 3.8) is 0 Å². The normalized spacial score (nSPS) is 11.8. The number of benzene rings is 1. The monoisotopic (exact) mass is 428 g/mol. The molecule has 0 bridgehead atoms. The van der Waals surface area contributed by atoms with Crippen LogP contribution in [0.4, 0.5) is 0 Å². The molecule has 0 fully saturated rings. The van der Waals surface area contributed by atoms with Gasteiger partial charge in [0.25, 0.3) is 5.91 Å². The number of Topliss-reactive ketones (excluding diaryl/α,β-unsaturated/α-hetero) is 1. The Labute approximate surface area is 183 Å². The number of ketones is 1. The van der Waals surface area contributed by atoms with Crippen LogP contribution in [0, 0.1) is 19.8 Å². The van der Waals surface area contributed by atoms with Gasteiger partial charge in [0.15, 0.2) is 6.61 Å². The molecule has 1 heterocycles. The highest BCUT2D eigenvalue weighted by molar-refractivity contribution is 6.01. The Kier molecular flexibility index (Phi) is 8.42. The van der Waals surface area contributed by atoms with Crippen molar-refractivity contribution in [3.8, 4) is 5.75 Å². The Morgan fingerprint density at radius 3 is 2.39 bits per heavy atom. The number of rotatable bonds is 10. The number of nitrogens with one attached hydrogen (secondary N) is 1. The first-order valence-electron chi connectivity index (χ1n) is 10.5. The van der Waals surface area contributed by atoms with E-state index < -0.39 is 17.9 Å². The van der Waals surface area contributed by atoms with Gasteiger partial charge in [-0.3, -0.25) is 9.59 Å². The minimum absolute atomic E-state index is 0.226. The van der Waals surface area contributed by atoms with Crippen molar-refractivity contribution in [1.29, 1.82) is 0 Å². The van der Waals surface area contributed by atoms with Crippen molar-refractivity contribution < 1.29 is 23.9 Å². The molecule has 0 aliphatic heterocycles. The van der Waals surface area contributed by atoms with Crippen LogP contribution >= 0.6 is 0 Å². The molecule has 31 heavy (non-hydrogen) atoms. The van der Waals surface area contributed by atoms with E-state index in [-0.39, 0.29) is 18.3 Å². The number of amides is 1. The highest BCUT2D eigenvalue weighted by atomic mass is 16.5. The standard InChI is InChI=1S/C24H32N2O5/c1-7-12-26-16(4)13-19(17(26)5)20(27)14-31-24(29)22(15(2)3)25-23(28)18-10-8-9-11-21(18)30-6/h8-11,13,15,22H,7,12,14H2,1-6H3,(H,25,28)/t22-/m0/s1. The third-order valence-corrected chi connectivity index (χ3v) is 5.23. The lowest BCUT2D eigenvalue weighted by molar-refractivity contribution is -0.145. The van der Waals surface area contributed by atoms with Crippen LogP contribution < -0.4 is 10.1 Å². The number of carbonyl (C=O) groups excluding carboxylic acids is 3. The van der Waals surface area contributed by atoms with E-state index in [0.717, 1.165) is 24.4 Å². The fraction of sp³-hybridized carbons (Fsp3) is 0.458. The van der Waals surface area contributed by atoms with Crippen molar-refractivity contribution in [3.05, 3.63) is 52.8 Å². The van der Waals surface area contributed by atoms with Gasteiger partial charge in [-0.15, -0.1) is 0 Å². The van der Waals surface area contributed by atoms with E-state index in [0.29, 0.717) is 16.9 Å². The van der Waals surface area contributed by atoms with Crippen LogP contribution in [0.1, 0.15) is 59.3 Å². The predicted molar refractivity (Wildman–Crippen MR) is 119 cm³/mol. The lowest BCUT2D eigenvalue weighted by Crippen LogP contribution is -2.45. The zero-order valence-corrected chi connectivity index (χ0v) is 19.2. The number of methoxy groups -OCH3 is 1. The first kappa shape index (κ1) is 24.2. The zero-order valence-electron chi connectivity index (χ0n) is 19.2. The summed E-state index contributed by atoms with van der Waals surface area (Å²) in [4.78, 5) is 38.0. The van der Waals surface area contributed by atoms with Crippen LogP contribution in [0.3, 0.4) is 0 Å². The maximum atomic E-state index is 12.7. The summed E-state index contributed by atoms with van der Waals surface area (Å²) < 4.78 is 12.6. The molecule has 0 aliphatic carbocycles. The quantitative estimate of drug-likeness (QED) is 0.461. The number of aromatic nitrogens is 1. The Bertz CT molecular complexity index is 945. The van der Waals surface area contributed by atoms with E-state index in [1.165, 1.54) is 7.11 Å². The minimum Gasteiger partial charge on any atom is -0.496 e. The van der Waals surface area contributed by atoms with Gasteiger partial charge in [0.2, 0.25) is 5.78 Å². The molecule has 0 spiro atoms. The van der Waals surface area contributed by atoms with E-state index in [1.54, 1.807) is 38.1 Å². The van der Waals surface area contributed by atoms with Crippen molar-refractivity contribution in [2.45, 2.75) is 53.6 Å². The molecule has 7 nitrogen and oxygen atoms in total. The molecule has 2 rings (SSSR count). The van der Waals surface area contributed by atoms with Gasteiger partial charge in [-0.1, -0.05) is 32.9 Å². The molecule has 0 unspecified atom stereocenters. The summed E-state index contributed by atoms with van der Waals surface area (Å²) in [5.41, 5.74) is 2.74. The SMILES string of the molecule is CCCn1c(C)cc(C(=O)COC(=O)[C@@H](NC(=O)c2ccccc2OC)C(C)C)c1C. The molecule has 168 valence electrons. The van der Waals surface area contributed by atoms with Crippen LogP contribution in [0.15, 0.2) is 30.3 Å². The van der Waals surface area contributed by atoms with Crippen molar-refractivity contribution >= 4 is 17.7 Å². The smallest absolute Gasteiger partial charge is 0.329 e. The van der Waals surface area contributed by atoms with Gasteiger partial charge in [0.05, 0.1) is 12.7 Å². The zero-order chi connectivity index (χ0) is 23.1. The molecule has 7 heteroatoms. The van der Waals surface area contributed by atoms with Crippen LogP contribution in [-0.4, -0.2) is 42.0 Å². The van der Waals surface area contributed by atoms with Crippen molar-refractivity contribution in [2.75, 3.05) is 13.7 Å². The molecule has 0 radical (unpaired) electrons. The molecular weight excluding hydrogens is 396 g/mol. The highest BCUT2D eigenvalue weighted by Gasteiger charge is 2.28. The van der Waals surface area contributed by atoms with Gasteiger partial charge in [0.1, 0.15) is 11.8 Å². The number of ether oxygens (including phenoxy) is 2. The topological polar surface area (TPSA) is 86.6 Å². The third-order valence-electron chi connectivity index (χ3n) is 5.23. The van der Waals surface area contributed by atoms with E-state index in [1.807, 2.05) is 19.9 Å². The van der Waals surface area contributed by atoms with Crippen molar-refractivity contribution in [1.82, 2.24) is 9.88 Å². The molecule has 1 atom stereocenters. The van der Waals surface area contributed by atoms with E-state index in [2.05, 4.69) is 16.8 Å². The minimum atomic E-state index is -0.891. The summed E-state index contributed by atoms with van der Waals surface area (Å²) in [5, 5.41) is 2.70. The fourth-order valence-electron chi connectivity index (χ4n) is 3.50. The lowest BCUT2D eigenvalue weighted by atomic mass is 10.0. The number of para-hydroxylation sites is 1. The van der Waals surface area contributed by atoms with Crippen molar-refractivity contribution in [2.24, 2.45) is 5.92 Å². The summed E-state index contributed by atoms with van der Waals surface area (Å²) in [6.45, 7) is 9.98. The molecule has 1 aromatic heterocycles. The second-order valence-electron chi connectivity index (χ2n) is 7.86. The Hall–Kier alpha value is -3.09. The Morgan fingerprint density at radius 2 is 1.77 bits per heavy atom. The van der Waals surface area contributed by atoms with Gasteiger partial charge in [0, 0.05) is 23.5 Å². The molecular formula is C24H32N2O5. The Morgan fingerprint density at radius 1 is 1.10 bits per heavy atom. The summed E-state index contributed by atoms with van der Waals surface area (Å²) in [6.07, 6.45) is 0.959. The van der Waals surface area contributed by atoms with Gasteiger partial charge in [-0.25, -0.2) is 4.79 Å². The third kappa shape index (κ3) is 5.75. The summed E-state index contributed by atoms with van der Waals surface area (Å²) in [6, 6.07) is 7.70. The number of carbonyl (C=O) groups is 3. The summed E-state index contributed by atoms with van der Waals surface area (Å²) in [7, 11) is 1.48. The van der Waals surface area contributed by atoms with Crippen LogP contribution in [-0.2, 0) is 16.1 Å². The summed E-state index contributed by atoms with van der Waals surface area (Å²) >= 11 is 0. The van der Waals surface area contributed by atoms with Gasteiger partial charge in [-0.05, 0) is 44.4 Å². The second kappa shape index (κ2) is 10.8. The first-order chi connectivity index (χ1) is 14.7. The van der Waals surface area contributed by atoms with Crippen LogP contribution in [0.2, 0.25) is 0 Å². The van der Waals surface area contributed by atoms with E-state index in [4.69, 9.17) is 9.47 Å². The van der Waals surface area contributed by atoms with Gasteiger partial charge >= 0.3 is 5.97 Å². The van der Waals surface area contributed by atoms with Gasteiger partial charge < -0.3 is 19.4 Å². The average molecular weight is 429 g/mol. The number of hydrogen-bond donors (Lipinski definition) is 1. The molecule has 0 saturated carbocycles. The second-order valence-corrected chi connectivity index (χ2v) is 7.86. The van der Waals surface area contributed by atoms with Crippen LogP contribution in [0.5, 0.6) is 5.75 Å². The Balaban J connectivity index is 2.07. The van der Waals surface area contributed by atoms with E-state index in [9.17, 15) is 14.4 Å². The van der Waals surface area contributed by atoms with Gasteiger partial charge in [-0.2, -0.15) is 0 Å². The summed E-state index contributed by atoms with van der Waals surface area (Å²) in [5.74, 6) is -1.16. The molecule has 1 N–H and O–H groups in total. The molecule has 2 aromatic rings. The molecule has 0 aliphatic rings. The predicted octanol–water partition coefficient (Wildman–Crippen LogP) is 3.70. The first-order valence-corrected chi connectivity index (χ1v) is 10.5. The van der Waals surface area contributed by atoms with E-state index >= 15 is 0 Å². The number of esters is 1. The number of aryl methyl sites for hydroxylation is 1. The fourth-order valence-corrected chi connectivity index (χ4v) is 3.50. The molecule has 1 aromatic carbocycles. The highest BCUT2D eigenvalue weighted by Crippen LogP contribution is 2.19. The van der Waals surface area contributed by atoms with Crippen LogP contribution in [0.25, 0.3) is 0 Å². The number of nitrogens with zero attached hydrogens (tertiary/aromatic N) is 1. The largest absolute Gasteiger partial charge is 0.496 e. The lowest BCUT2D eigenvalue weighted by Gasteiger charge is -2.21.